The molecule has 26 heavy (non-hydrogen) atoms. The van der Waals surface area contributed by atoms with E-state index >= 15 is 0 Å². The Hall–Kier alpha value is -2.80. The fraction of sp³-hybridized carbons (Fsp3) is 0.368. The maximum atomic E-state index is 5.15. The Bertz CT molecular complexity index is 892. The minimum atomic E-state index is 0.573. The molecule has 0 aromatic carbocycles. The Morgan fingerprint density at radius 1 is 1.23 bits per heavy atom. The van der Waals surface area contributed by atoms with Crippen LogP contribution in [-0.2, 0) is 19.4 Å². The largest absolute Gasteiger partial charge is 0.364 e. The highest BCUT2D eigenvalue weighted by atomic mass is 16.5. The van der Waals surface area contributed by atoms with Gasteiger partial charge in [0.1, 0.15) is 17.3 Å². The first-order valence-electron chi connectivity index (χ1n) is 8.84. The van der Waals surface area contributed by atoms with E-state index in [0.717, 1.165) is 54.5 Å². The lowest BCUT2D eigenvalue weighted by Gasteiger charge is -2.14. The summed E-state index contributed by atoms with van der Waals surface area (Å²) >= 11 is 0. The van der Waals surface area contributed by atoms with Gasteiger partial charge in [0.2, 0.25) is 0 Å². The Kier molecular flexibility index (Phi) is 4.62. The van der Waals surface area contributed by atoms with Crippen molar-refractivity contribution in [3.63, 3.8) is 0 Å². The first kappa shape index (κ1) is 16.7. The van der Waals surface area contributed by atoms with Crippen molar-refractivity contribution in [2.24, 2.45) is 0 Å². The van der Waals surface area contributed by atoms with Gasteiger partial charge in [-0.3, -0.25) is 4.98 Å². The van der Waals surface area contributed by atoms with Gasteiger partial charge in [-0.05, 0) is 32.5 Å². The second kappa shape index (κ2) is 7.21. The zero-order valence-electron chi connectivity index (χ0n) is 15.1. The summed E-state index contributed by atoms with van der Waals surface area (Å²) in [6.45, 7) is 4.46. The first-order chi connectivity index (χ1) is 12.7. The zero-order valence-corrected chi connectivity index (χ0v) is 15.1. The highest BCUT2D eigenvalue weighted by molar-refractivity contribution is 5.59. The molecule has 0 bridgehead atoms. The van der Waals surface area contributed by atoms with Crippen LogP contribution in [0.1, 0.15) is 22.7 Å². The summed E-state index contributed by atoms with van der Waals surface area (Å²) in [6.07, 6.45) is 5.40. The molecule has 4 heterocycles. The molecule has 0 spiro atoms. The lowest BCUT2D eigenvalue weighted by molar-refractivity contribution is 0.352. The number of hydrogen-bond donors (Lipinski definition) is 1. The molecule has 7 nitrogen and oxygen atoms in total. The van der Waals surface area contributed by atoms with E-state index in [1.165, 1.54) is 5.56 Å². The van der Waals surface area contributed by atoms with Crippen LogP contribution in [0.25, 0.3) is 11.4 Å². The molecule has 0 saturated heterocycles. The van der Waals surface area contributed by atoms with Crippen molar-refractivity contribution in [2.45, 2.75) is 26.3 Å². The summed E-state index contributed by atoms with van der Waals surface area (Å²) in [7, 11) is 2.15. The lowest BCUT2D eigenvalue weighted by atomic mass is 10.1. The fourth-order valence-electron chi connectivity index (χ4n) is 3.16. The predicted octanol–water partition coefficient (Wildman–Crippen LogP) is 2.48. The maximum absolute atomic E-state index is 5.15. The SMILES string of the molecule is Cc1cc(CNc2nc(-c3cccnc3)nc3c2CCN(C)CC3)no1. The van der Waals surface area contributed by atoms with Crippen LogP contribution in [0.2, 0.25) is 0 Å². The zero-order chi connectivity index (χ0) is 17.9. The number of aryl methyl sites for hydroxylation is 1. The summed E-state index contributed by atoms with van der Waals surface area (Å²) in [5.41, 5.74) is 4.10. The average Bonchev–Trinajstić information content (AvgIpc) is 2.99. The number of nitrogens with zero attached hydrogens (tertiary/aromatic N) is 5. The van der Waals surface area contributed by atoms with E-state index in [4.69, 9.17) is 14.5 Å². The van der Waals surface area contributed by atoms with E-state index in [2.05, 4.69) is 27.4 Å². The molecule has 0 saturated carbocycles. The van der Waals surface area contributed by atoms with Gasteiger partial charge in [0.05, 0.1) is 12.2 Å². The van der Waals surface area contributed by atoms with E-state index in [1.54, 1.807) is 12.4 Å². The van der Waals surface area contributed by atoms with Crippen LogP contribution in [0, 0.1) is 6.92 Å². The second-order valence-corrected chi connectivity index (χ2v) is 6.65. The third-order valence-corrected chi connectivity index (χ3v) is 4.60. The minimum absolute atomic E-state index is 0.573. The van der Waals surface area contributed by atoms with Crippen molar-refractivity contribution in [3.05, 3.63) is 53.3 Å². The van der Waals surface area contributed by atoms with E-state index in [1.807, 2.05) is 25.1 Å². The Balaban J connectivity index is 1.70. The number of fused-ring (bicyclic) bond motifs is 1. The van der Waals surface area contributed by atoms with Crippen LogP contribution in [0.4, 0.5) is 5.82 Å². The van der Waals surface area contributed by atoms with Crippen LogP contribution >= 0.6 is 0 Å². The molecule has 1 aliphatic heterocycles. The van der Waals surface area contributed by atoms with Gasteiger partial charge < -0.3 is 14.7 Å². The molecule has 3 aromatic heterocycles. The standard InChI is InChI=1S/C19H22N6O/c1-13-10-15(24-26-13)12-21-19-16-5-8-25(2)9-6-17(16)22-18(23-19)14-4-3-7-20-11-14/h3-4,7,10-11H,5-6,8-9,12H2,1-2H3,(H,21,22,23). The van der Waals surface area contributed by atoms with Gasteiger partial charge in [0.25, 0.3) is 0 Å². The van der Waals surface area contributed by atoms with Crippen LogP contribution < -0.4 is 5.32 Å². The Labute approximate surface area is 152 Å². The highest BCUT2D eigenvalue weighted by Gasteiger charge is 2.19. The van der Waals surface area contributed by atoms with E-state index in [0.29, 0.717) is 12.4 Å². The van der Waals surface area contributed by atoms with E-state index < -0.39 is 0 Å². The lowest BCUT2D eigenvalue weighted by Crippen LogP contribution is -2.20. The van der Waals surface area contributed by atoms with Gasteiger partial charge in [0.15, 0.2) is 5.82 Å². The number of nitrogens with one attached hydrogen (secondary N) is 1. The molecule has 0 radical (unpaired) electrons. The van der Waals surface area contributed by atoms with Crippen molar-refractivity contribution in [2.75, 3.05) is 25.5 Å². The Morgan fingerprint density at radius 2 is 2.12 bits per heavy atom. The van der Waals surface area contributed by atoms with Gasteiger partial charge >= 0.3 is 0 Å². The number of pyridine rings is 1. The van der Waals surface area contributed by atoms with Crippen LogP contribution in [0.15, 0.2) is 35.1 Å². The average molecular weight is 350 g/mol. The molecule has 0 unspecified atom stereocenters. The molecular weight excluding hydrogens is 328 g/mol. The number of aromatic nitrogens is 4. The Morgan fingerprint density at radius 3 is 2.88 bits per heavy atom. The van der Waals surface area contributed by atoms with Crippen molar-refractivity contribution < 1.29 is 4.52 Å². The third kappa shape index (κ3) is 3.57. The third-order valence-electron chi connectivity index (χ3n) is 4.60. The topological polar surface area (TPSA) is 80.0 Å². The first-order valence-corrected chi connectivity index (χ1v) is 8.84. The van der Waals surface area contributed by atoms with Gasteiger partial charge in [-0.15, -0.1) is 0 Å². The summed E-state index contributed by atoms with van der Waals surface area (Å²) < 4.78 is 5.15. The van der Waals surface area contributed by atoms with E-state index in [-0.39, 0.29) is 0 Å². The van der Waals surface area contributed by atoms with Gasteiger partial charge in [-0.25, -0.2) is 9.97 Å². The van der Waals surface area contributed by atoms with Crippen LogP contribution in [-0.4, -0.2) is 45.1 Å². The van der Waals surface area contributed by atoms with Crippen molar-refractivity contribution in [1.29, 1.82) is 0 Å². The van der Waals surface area contributed by atoms with Crippen molar-refractivity contribution in [3.8, 4) is 11.4 Å². The summed E-state index contributed by atoms with van der Waals surface area (Å²) in [4.78, 5) is 16.2. The molecule has 1 N–H and O–H groups in total. The quantitative estimate of drug-likeness (QED) is 0.774. The summed E-state index contributed by atoms with van der Waals surface area (Å²) in [6, 6.07) is 5.83. The predicted molar refractivity (Wildman–Crippen MR) is 98.7 cm³/mol. The highest BCUT2D eigenvalue weighted by Crippen LogP contribution is 2.25. The van der Waals surface area contributed by atoms with Gasteiger partial charge in [-0.1, -0.05) is 5.16 Å². The smallest absolute Gasteiger partial charge is 0.163 e. The molecule has 3 aromatic rings. The fourth-order valence-corrected chi connectivity index (χ4v) is 3.16. The summed E-state index contributed by atoms with van der Waals surface area (Å²) in [5, 5.41) is 7.50. The molecule has 134 valence electrons. The monoisotopic (exact) mass is 350 g/mol. The minimum Gasteiger partial charge on any atom is -0.364 e. The second-order valence-electron chi connectivity index (χ2n) is 6.65. The van der Waals surface area contributed by atoms with Crippen molar-refractivity contribution >= 4 is 5.82 Å². The molecular formula is C19H22N6O. The maximum Gasteiger partial charge on any atom is 0.163 e. The normalized spacial score (nSPS) is 14.7. The van der Waals surface area contributed by atoms with E-state index in [9.17, 15) is 0 Å². The number of hydrogen-bond acceptors (Lipinski definition) is 7. The molecule has 0 aliphatic carbocycles. The molecule has 7 heteroatoms. The molecule has 0 fully saturated rings. The number of anilines is 1. The molecule has 0 atom stereocenters. The van der Waals surface area contributed by atoms with Gasteiger partial charge in [-0.2, -0.15) is 0 Å². The molecule has 0 amide bonds. The number of rotatable bonds is 4. The van der Waals surface area contributed by atoms with Crippen LogP contribution in [0.3, 0.4) is 0 Å². The van der Waals surface area contributed by atoms with Crippen molar-refractivity contribution in [1.82, 2.24) is 25.0 Å². The number of likely N-dealkylation sites (N-methyl/N-ethyl adjacent to an activating group) is 1. The molecule has 1 aliphatic rings. The molecule has 4 rings (SSSR count). The van der Waals surface area contributed by atoms with Crippen LogP contribution in [0.5, 0.6) is 0 Å². The van der Waals surface area contributed by atoms with Gasteiger partial charge in [0, 0.05) is 49.1 Å². The summed E-state index contributed by atoms with van der Waals surface area (Å²) in [5.74, 6) is 2.39.